The molecule has 1 aliphatic rings. The molecule has 31 heavy (non-hydrogen) atoms. The summed E-state index contributed by atoms with van der Waals surface area (Å²) in [5, 5.41) is 12.6. The maximum Gasteiger partial charge on any atom is 0.241 e. The quantitative estimate of drug-likeness (QED) is 0.572. The van der Waals surface area contributed by atoms with Gasteiger partial charge in [-0.05, 0) is 43.5 Å². The van der Waals surface area contributed by atoms with Crippen LogP contribution >= 0.6 is 0 Å². The lowest BCUT2D eigenvalue weighted by molar-refractivity contribution is -0.131. The molecular weight excluding hydrogens is 423 g/mol. The number of ether oxygens (including phenoxy) is 1. The number of sulfonamides is 1. The third-order valence-corrected chi connectivity index (χ3v) is 6.79. The molecule has 0 saturated carbocycles. The van der Waals surface area contributed by atoms with E-state index < -0.39 is 40.7 Å². The van der Waals surface area contributed by atoms with Gasteiger partial charge in [0.05, 0.1) is 42.2 Å². The number of halogens is 1. The first-order chi connectivity index (χ1) is 14.8. The molecule has 0 unspecified atom stereocenters. The van der Waals surface area contributed by atoms with Crippen molar-refractivity contribution in [3.63, 3.8) is 0 Å². The molecule has 1 heterocycles. The number of carbonyl (C=O) groups is 1. The maximum atomic E-state index is 13.4. The predicted molar refractivity (Wildman–Crippen MR) is 113 cm³/mol. The van der Waals surface area contributed by atoms with Crippen LogP contribution in [0.15, 0.2) is 59.5 Å². The average molecular weight is 451 g/mol. The van der Waals surface area contributed by atoms with Crippen molar-refractivity contribution in [2.24, 2.45) is 0 Å². The number of hydrogen-bond acceptors (Lipinski definition) is 5. The Hall–Kier alpha value is -2.33. The fourth-order valence-electron chi connectivity index (χ4n) is 3.65. The summed E-state index contributed by atoms with van der Waals surface area (Å²) in [6.07, 6.45) is -0.306. The Morgan fingerprint density at radius 2 is 1.94 bits per heavy atom. The van der Waals surface area contributed by atoms with Crippen LogP contribution in [-0.2, 0) is 19.6 Å². The van der Waals surface area contributed by atoms with Crippen molar-refractivity contribution in [2.45, 2.75) is 55.4 Å². The first-order valence-electron chi connectivity index (χ1n) is 10.2. The zero-order valence-electron chi connectivity index (χ0n) is 17.2. The summed E-state index contributed by atoms with van der Waals surface area (Å²) in [6.45, 7) is 1.48. The smallest absolute Gasteiger partial charge is 0.241 e. The Morgan fingerprint density at radius 3 is 2.61 bits per heavy atom. The first kappa shape index (κ1) is 23.3. The molecule has 168 valence electrons. The molecule has 0 aromatic heterocycles. The van der Waals surface area contributed by atoms with Gasteiger partial charge in [0.1, 0.15) is 5.82 Å². The summed E-state index contributed by atoms with van der Waals surface area (Å²) in [5.74, 6) is -0.839. The minimum Gasteiger partial charge on any atom is -0.394 e. The van der Waals surface area contributed by atoms with Crippen LogP contribution in [0.1, 0.15) is 37.8 Å². The molecule has 1 amide bonds. The molecule has 9 heteroatoms. The van der Waals surface area contributed by atoms with E-state index in [1.165, 1.54) is 12.1 Å². The maximum absolute atomic E-state index is 13.4. The number of nitrogens with one attached hydrogen (secondary N) is 2. The van der Waals surface area contributed by atoms with Crippen molar-refractivity contribution in [3.05, 3.63) is 66.0 Å². The standard InChI is InChI=1S/C22H27FN2O5S/c1-15(16-6-3-2-4-7-16)24-22(27)13-18-10-11-20(21(14-26)30-18)25-31(28,29)19-9-5-8-17(23)12-19/h2-9,12,15,18,20-21,25-26H,10-11,13-14H2,1H3,(H,24,27)/t15-,18-,20+,21-/m1/s1. The zero-order chi connectivity index (χ0) is 22.4. The van der Waals surface area contributed by atoms with E-state index in [2.05, 4.69) is 10.0 Å². The van der Waals surface area contributed by atoms with Gasteiger partial charge >= 0.3 is 0 Å². The molecule has 0 radical (unpaired) electrons. The van der Waals surface area contributed by atoms with Crippen molar-refractivity contribution >= 4 is 15.9 Å². The van der Waals surface area contributed by atoms with Gasteiger partial charge in [-0.3, -0.25) is 4.79 Å². The van der Waals surface area contributed by atoms with E-state index in [4.69, 9.17) is 4.74 Å². The molecule has 7 nitrogen and oxygen atoms in total. The predicted octanol–water partition coefficient (Wildman–Crippen LogP) is 2.28. The molecule has 0 spiro atoms. The van der Waals surface area contributed by atoms with Crippen LogP contribution in [-0.4, -0.2) is 44.3 Å². The molecule has 1 saturated heterocycles. The van der Waals surface area contributed by atoms with Gasteiger partial charge < -0.3 is 15.2 Å². The molecule has 1 aliphatic heterocycles. The summed E-state index contributed by atoms with van der Waals surface area (Å²) in [4.78, 5) is 12.2. The largest absolute Gasteiger partial charge is 0.394 e. The Balaban J connectivity index is 1.56. The highest BCUT2D eigenvalue weighted by Gasteiger charge is 2.35. The molecule has 2 aromatic rings. The second-order valence-corrected chi connectivity index (χ2v) is 9.36. The summed E-state index contributed by atoms with van der Waals surface area (Å²) < 4.78 is 46.8. The van der Waals surface area contributed by atoms with Gasteiger partial charge in [-0.1, -0.05) is 36.4 Å². The lowest BCUT2D eigenvalue weighted by Crippen LogP contribution is -2.51. The minimum absolute atomic E-state index is 0.108. The Labute approximate surface area is 181 Å². The van der Waals surface area contributed by atoms with Crippen LogP contribution in [0.3, 0.4) is 0 Å². The molecule has 0 aliphatic carbocycles. The topological polar surface area (TPSA) is 105 Å². The van der Waals surface area contributed by atoms with E-state index in [0.717, 1.165) is 17.7 Å². The summed E-state index contributed by atoms with van der Waals surface area (Å²) in [5.41, 5.74) is 0.987. The lowest BCUT2D eigenvalue weighted by atomic mass is 9.97. The summed E-state index contributed by atoms with van der Waals surface area (Å²) in [7, 11) is -3.97. The summed E-state index contributed by atoms with van der Waals surface area (Å²) >= 11 is 0. The van der Waals surface area contributed by atoms with Gasteiger partial charge in [-0.15, -0.1) is 0 Å². The molecular formula is C22H27FN2O5S. The Bertz CT molecular complexity index is 986. The van der Waals surface area contributed by atoms with Crippen LogP contribution in [0.4, 0.5) is 4.39 Å². The minimum atomic E-state index is -3.97. The Kier molecular flexibility index (Phi) is 7.77. The average Bonchev–Trinajstić information content (AvgIpc) is 2.75. The number of aliphatic hydroxyl groups is 1. The van der Waals surface area contributed by atoms with E-state index in [-0.39, 0.29) is 23.3 Å². The van der Waals surface area contributed by atoms with Gasteiger partial charge in [0.25, 0.3) is 0 Å². The summed E-state index contributed by atoms with van der Waals surface area (Å²) in [6, 6.07) is 13.4. The van der Waals surface area contributed by atoms with Crippen LogP contribution in [0.5, 0.6) is 0 Å². The number of rotatable bonds is 8. The fraction of sp³-hybridized carbons (Fsp3) is 0.409. The normalized spacial score (nSPS) is 22.6. The Morgan fingerprint density at radius 1 is 1.19 bits per heavy atom. The number of aliphatic hydroxyl groups excluding tert-OH is 1. The number of hydrogen-bond donors (Lipinski definition) is 3. The zero-order valence-corrected chi connectivity index (χ0v) is 18.0. The molecule has 1 fully saturated rings. The molecule has 3 rings (SSSR count). The van der Waals surface area contributed by atoms with E-state index in [9.17, 15) is 22.7 Å². The fourth-order valence-corrected chi connectivity index (χ4v) is 4.98. The van der Waals surface area contributed by atoms with Crippen molar-refractivity contribution in [3.8, 4) is 0 Å². The van der Waals surface area contributed by atoms with Gasteiger partial charge in [0, 0.05) is 0 Å². The van der Waals surface area contributed by atoms with Crippen molar-refractivity contribution in [1.82, 2.24) is 10.0 Å². The van der Waals surface area contributed by atoms with Crippen molar-refractivity contribution < 1.29 is 27.4 Å². The molecule has 4 atom stereocenters. The highest BCUT2D eigenvalue weighted by molar-refractivity contribution is 7.89. The lowest BCUT2D eigenvalue weighted by Gasteiger charge is -2.35. The van der Waals surface area contributed by atoms with Crippen molar-refractivity contribution in [1.29, 1.82) is 0 Å². The van der Waals surface area contributed by atoms with Crippen LogP contribution in [0.2, 0.25) is 0 Å². The second-order valence-electron chi connectivity index (χ2n) is 7.65. The highest BCUT2D eigenvalue weighted by Crippen LogP contribution is 2.24. The third kappa shape index (κ3) is 6.33. The highest BCUT2D eigenvalue weighted by atomic mass is 32.2. The number of amides is 1. The number of carbonyl (C=O) groups excluding carboxylic acids is 1. The number of benzene rings is 2. The van der Waals surface area contributed by atoms with Crippen molar-refractivity contribution in [2.75, 3.05) is 6.61 Å². The monoisotopic (exact) mass is 450 g/mol. The van der Waals surface area contributed by atoms with Crippen LogP contribution in [0.25, 0.3) is 0 Å². The van der Waals surface area contributed by atoms with E-state index in [0.29, 0.717) is 12.8 Å². The SMILES string of the molecule is C[C@@H](NC(=O)C[C@H]1CC[C@H](NS(=O)(=O)c2cccc(F)c2)[C@@H](CO)O1)c1ccccc1. The van der Waals surface area contributed by atoms with Gasteiger partial charge in [-0.2, -0.15) is 0 Å². The molecule has 3 N–H and O–H groups in total. The van der Waals surface area contributed by atoms with Crippen LogP contribution in [0, 0.1) is 5.82 Å². The van der Waals surface area contributed by atoms with Gasteiger partial charge in [0.2, 0.25) is 15.9 Å². The third-order valence-electron chi connectivity index (χ3n) is 5.30. The van der Waals surface area contributed by atoms with E-state index in [1.807, 2.05) is 37.3 Å². The second kappa shape index (κ2) is 10.3. The van der Waals surface area contributed by atoms with E-state index in [1.54, 1.807) is 0 Å². The van der Waals surface area contributed by atoms with Gasteiger partial charge in [0.15, 0.2) is 0 Å². The van der Waals surface area contributed by atoms with Crippen LogP contribution < -0.4 is 10.0 Å². The molecule has 0 bridgehead atoms. The van der Waals surface area contributed by atoms with Gasteiger partial charge in [-0.25, -0.2) is 17.5 Å². The first-order valence-corrected chi connectivity index (χ1v) is 11.7. The molecule has 2 aromatic carbocycles. The van der Waals surface area contributed by atoms with E-state index >= 15 is 0 Å².